The summed E-state index contributed by atoms with van der Waals surface area (Å²) in [4.78, 5) is 22.3. The minimum Gasteiger partial charge on any atom is -0.466 e. The van der Waals surface area contributed by atoms with Crippen molar-refractivity contribution in [1.82, 2.24) is 9.97 Å². The van der Waals surface area contributed by atoms with Gasteiger partial charge in [0.05, 0.1) is 23.6 Å². The van der Waals surface area contributed by atoms with Gasteiger partial charge in [-0.1, -0.05) is 6.07 Å². The Balaban J connectivity index is 1.79. The Labute approximate surface area is 171 Å². The number of carbonyl (C=O) groups excluding carboxylic acids is 1. The summed E-state index contributed by atoms with van der Waals surface area (Å²) >= 11 is 0. The molecule has 3 rings (SSSR count). The normalized spacial score (nSPS) is 15.3. The molecule has 2 heterocycles. The molecule has 29 heavy (non-hydrogen) atoms. The van der Waals surface area contributed by atoms with Crippen molar-refractivity contribution in [2.75, 3.05) is 30.3 Å². The highest BCUT2D eigenvalue weighted by molar-refractivity contribution is 7.91. The number of anilines is 2. The van der Waals surface area contributed by atoms with Gasteiger partial charge in [0, 0.05) is 13.1 Å². The highest BCUT2D eigenvalue weighted by Crippen LogP contribution is 2.28. The third kappa shape index (κ3) is 4.34. The fourth-order valence-corrected chi connectivity index (χ4v) is 4.66. The summed E-state index contributed by atoms with van der Waals surface area (Å²) in [5, 5.41) is 0. The second-order valence-electron chi connectivity index (χ2n) is 7.18. The van der Waals surface area contributed by atoms with Gasteiger partial charge in [-0.05, 0) is 56.9 Å². The third-order valence-electron chi connectivity index (χ3n) is 5.25. The van der Waals surface area contributed by atoms with Crippen LogP contribution in [0.4, 0.5) is 11.8 Å². The number of sulfone groups is 1. The molecule has 2 N–H and O–H groups in total. The molecule has 0 atom stereocenters. The Kier molecular flexibility index (Phi) is 6.07. The Morgan fingerprint density at radius 2 is 1.93 bits per heavy atom. The lowest BCUT2D eigenvalue weighted by Crippen LogP contribution is -2.38. The number of aryl methyl sites for hydroxylation is 2. The number of piperidine rings is 1. The van der Waals surface area contributed by atoms with Crippen LogP contribution in [0.1, 0.15) is 30.9 Å². The van der Waals surface area contributed by atoms with Gasteiger partial charge in [-0.25, -0.2) is 13.4 Å². The summed E-state index contributed by atoms with van der Waals surface area (Å²) in [5.41, 5.74) is 7.89. The molecule has 8 nitrogen and oxygen atoms in total. The van der Waals surface area contributed by atoms with Gasteiger partial charge in [0.2, 0.25) is 15.8 Å². The van der Waals surface area contributed by atoms with Gasteiger partial charge in [-0.15, -0.1) is 0 Å². The second-order valence-corrected chi connectivity index (χ2v) is 9.10. The van der Waals surface area contributed by atoms with E-state index in [4.69, 9.17) is 10.5 Å². The Morgan fingerprint density at radius 1 is 1.24 bits per heavy atom. The van der Waals surface area contributed by atoms with Crippen molar-refractivity contribution >= 4 is 27.6 Å². The largest absolute Gasteiger partial charge is 0.466 e. The summed E-state index contributed by atoms with van der Waals surface area (Å²) in [6.07, 6.45) is 2.52. The van der Waals surface area contributed by atoms with Crippen LogP contribution in [0.15, 0.2) is 34.2 Å². The number of carbonyl (C=O) groups is 1. The predicted octanol–water partition coefficient (Wildman–Crippen LogP) is 2.29. The Hall–Kier alpha value is -2.68. The van der Waals surface area contributed by atoms with Crippen molar-refractivity contribution in [3.05, 3.63) is 35.5 Å². The number of aromatic nitrogens is 2. The molecule has 1 aliphatic heterocycles. The van der Waals surface area contributed by atoms with E-state index in [1.807, 2.05) is 18.7 Å². The molecule has 0 spiro atoms. The second kappa shape index (κ2) is 8.36. The molecule has 1 aliphatic rings. The van der Waals surface area contributed by atoms with Gasteiger partial charge in [-0.2, -0.15) is 4.98 Å². The monoisotopic (exact) mass is 418 g/mol. The van der Waals surface area contributed by atoms with Crippen LogP contribution in [0, 0.1) is 19.8 Å². The van der Waals surface area contributed by atoms with Gasteiger partial charge in [0.1, 0.15) is 10.7 Å². The first kappa shape index (κ1) is 21.0. The summed E-state index contributed by atoms with van der Waals surface area (Å²) in [6, 6.07) is 4.95. The maximum Gasteiger partial charge on any atom is 0.309 e. The fourth-order valence-electron chi connectivity index (χ4n) is 3.32. The molecule has 9 heteroatoms. The number of nitrogens with zero attached hydrogens (tertiary/aromatic N) is 3. The minimum absolute atomic E-state index is 0.0826. The van der Waals surface area contributed by atoms with E-state index in [-0.39, 0.29) is 27.5 Å². The van der Waals surface area contributed by atoms with Crippen LogP contribution in [0.25, 0.3) is 0 Å². The molecule has 0 radical (unpaired) electrons. The molecule has 1 aromatic heterocycles. The minimum atomic E-state index is -3.81. The molecule has 2 aromatic rings. The molecular weight excluding hydrogens is 392 g/mol. The number of hydrogen-bond donors (Lipinski definition) is 1. The molecule has 0 bridgehead atoms. The van der Waals surface area contributed by atoms with Crippen molar-refractivity contribution in [2.24, 2.45) is 5.92 Å². The topological polar surface area (TPSA) is 115 Å². The van der Waals surface area contributed by atoms with Crippen molar-refractivity contribution < 1.29 is 17.9 Å². The number of nitrogen functional groups attached to an aromatic ring is 1. The zero-order valence-electron chi connectivity index (χ0n) is 16.9. The Bertz CT molecular complexity index is 1020. The highest BCUT2D eigenvalue weighted by atomic mass is 32.2. The van der Waals surface area contributed by atoms with Gasteiger partial charge in [0.25, 0.3) is 0 Å². The van der Waals surface area contributed by atoms with Crippen LogP contribution in [-0.4, -0.2) is 44.1 Å². The summed E-state index contributed by atoms with van der Waals surface area (Å²) in [6.45, 7) is 7.09. The van der Waals surface area contributed by atoms with Crippen molar-refractivity contribution in [1.29, 1.82) is 0 Å². The summed E-state index contributed by atoms with van der Waals surface area (Å²) in [7, 11) is -3.81. The van der Waals surface area contributed by atoms with Crippen LogP contribution in [-0.2, 0) is 19.4 Å². The van der Waals surface area contributed by atoms with E-state index in [0.717, 1.165) is 11.1 Å². The van der Waals surface area contributed by atoms with E-state index in [1.165, 1.54) is 6.20 Å². The van der Waals surface area contributed by atoms with Gasteiger partial charge in [0.15, 0.2) is 0 Å². The molecule has 0 aliphatic carbocycles. The number of ether oxygens (including phenoxy) is 1. The number of hydrogen-bond acceptors (Lipinski definition) is 8. The SMILES string of the molecule is CCOC(=O)C1CCN(c2ncc(S(=O)(=O)c3ccc(C)c(C)c3)c(N)n2)CC1. The number of esters is 1. The quantitative estimate of drug-likeness (QED) is 0.735. The highest BCUT2D eigenvalue weighted by Gasteiger charge is 2.28. The molecule has 1 aromatic carbocycles. The predicted molar refractivity (Wildman–Crippen MR) is 109 cm³/mol. The zero-order chi connectivity index (χ0) is 21.2. The van der Waals surface area contributed by atoms with Crippen LogP contribution >= 0.6 is 0 Å². The standard InChI is InChI=1S/C20H26N4O4S/c1-4-28-19(25)15-7-9-24(10-8-15)20-22-12-17(18(21)23-20)29(26,27)16-6-5-13(2)14(3)11-16/h5-6,11-12,15H,4,7-10H2,1-3H3,(H2,21,22,23). The molecule has 1 fully saturated rings. The van der Waals surface area contributed by atoms with E-state index < -0.39 is 9.84 Å². The van der Waals surface area contributed by atoms with Crippen molar-refractivity contribution in [2.45, 2.75) is 43.4 Å². The smallest absolute Gasteiger partial charge is 0.309 e. The molecular formula is C20H26N4O4S. The zero-order valence-corrected chi connectivity index (χ0v) is 17.7. The number of rotatable bonds is 5. The van der Waals surface area contributed by atoms with E-state index >= 15 is 0 Å². The molecule has 0 unspecified atom stereocenters. The van der Waals surface area contributed by atoms with Crippen LogP contribution in [0.3, 0.4) is 0 Å². The average Bonchev–Trinajstić information content (AvgIpc) is 2.70. The first-order chi connectivity index (χ1) is 13.7. The Morgan fingerprint density at radius 3 is 2.52 bits per heavy atom. The third-order valence-corrected chi connectivity index (χ3v) is 7.01. The molecule has 156 valence electrons. The van der Waals surface area contributed by atoms with Gasteiger partial charge < -0.3 is 15.4 Å². The first-order valence-electron chi connectivity index (χ1n) is 9.60. The van der Waals surface area contributed by atoms with Crippen LogP contribution in [0.2, 0.25) is 0 Å². The van der Waals surface area contributed by atoms with Crippen LogP contribution < -0.4 is 10.6 Å². The lowest BCUT2D eigenvalue weighted by Gasteiger charge is -2.30. The summed E-state index contributed by atoms with van der Waals surface area (Å²) < 4.78 is 31.0. The van der Waals surface area contributed by atoms with Gasteiger partial charge in [-0.3, -0.25) is 4.79 Å². The lowest BCUT2D eigenvalue weighted by molar-refractivity contribution is -0.148. The maximum atomic E-state index is 13.0. The van der Waals surface area contributed by atoms with E-state index in [9.17, 15) is 13.2 Å². The van der Waals surface area contributed by atoms with E-state index in [1.54, 1.807) is 25.1 Å². The lowest BCUT2D eigenvalue weighted by atomic mass is 9.97. The molecule has 1 saturated heterocycles. The maximum absolute atomic E-state index is 13.0. The van der Waals surface area contributed by atoms with Crippen molar-refractivity contribution in [3.8, 4) is 0 Å². The fraction of sp³-hybridized carbons (Fsp3) is 0.450. The van der Waals surface area contributed by atoms with E-state index in [0.29, 0.717) is 38.5 Å². The average molecular weight is 419 g/mol. The molecule has 0 saturated carbocycles. The summed E-state index contributed by atoms with van der Waals surface area (Å²) in [5.74, 6) is -0.0278. The van der Waals surface area contributed by atoms with Crippen LogP contribution in [0.5, 0.6) is 0 Å². The van der Waals surface area contributed by atoms with Gasteiger partial charge >= 0.3 is 5.97 Å². The molecule has 0 amide bonds. The van der Waals surface area contributed by atoms with E-state index in [2.05, 4.69) is 9.97 Å². The first-order valence-corrected chi connectivity index (χ1v) is 11.1. The number of nitrogens with two attached hydrogens (primary N) is 1. The van der Waals surface area contributed by atoms with Crippen molar-refractivity contribution in [3.63, 3.8) is 0 Å². The number of benzene rings is 1.